The Kier molecular flexibility index (Phi) is 5.64. The van der Waals surface area contributed by atoms with E-state index in [1.807, 2.05) is 13.8 Å². The third-order valence-electron chi connectivity index (χ3n) is 1.30. The van der Waals surface area contributed by atoms with E-state index >= 15 is 0 Å². The van der Waals surface area contributed by atoms with Crippen LogP contribution in [0.5, 0.6) is 0 Å². The van der Waals surface area contributed by atoms with Gasteiger partial charge in [-0.25, -0.2) is 0 Å². The normalized spacial score (nSPS) is 32.4. The molecule has 1 N–H and O–H groups in total. The molecule has 0 saturated carbocycles. The van der Waals surface area contributed by atoms with Gasteiger partial charge in [0, 0.05) is 12.1 Å². The first-order valence-electron chi connectivity index (χ1n) is 4.13. The minimum absolute atomic E-state index is 0.541. The van der Waals surface area contributed by atoms with Crippen molar-refractivity contribution in [2.75, 3.05) is 13.2 Å². The fourth-order valence-electron chi connectivity index (χ4n) is 1.00. The van der Waals surface area contributed by atoms with Crippen LogP contribution in [0.1, 0.15) is 27.7 Å². The number of morpholine rings is 1. The molecule has 1 fully saturated rings. The van der Waals surface area contributed by atoms with E-state index < -0.39 is 0 Å². The molecule has 10 heavy (non-hydrogen) atoms. The first-order chi connectivity index (χ1) is 4.79. The molecular weight excluding hydrogens is 126 g/mol. The average Bonchev–Trinajstić information content (AvgIpc) is 1.91. The lowest BCUT2D eigenvalue weighted by Crippen LogP contribution is -2.45. The molecule has 2 nitrogen and oxygen atoms in total. The fourth-order valence-corrected chi connectivity index (χ4v) is 1.00. The fraction of sp³-hybridized carbons (Fsp3) is 1.00. The summed E-state index contributed by atoms with van der Waals surface area (Å²) in [6, 6.07) is 1.08. The van der Waals surface area contributed by atoms with Crippen molar-refractivity contribution in [3.8, 4) is 0 Å². The Morgan fingerprint density at radius 1 is 1.10 bits per heavy atom. The maximum atomic E-state index is 5.23. The minimum atomic E-state index is 0.541. The molecule has 2 heteroatoms. The Bertz CT molecular complexity index is 67.7. The largest absolute Gasteiger partial charge is 0.378 e. The molecule has 0 aliphatic carbocycles. The summed E-state index contributed by atoms with van der Waals surface area (Å²) in [5.41, 5.74) is 0. The molecule has 1 aliphatic rings. The summed E-state index contributed by atoms with van der Waals surface area (Å²) in [6.45, 7) is 10.0. The predicted molar refractivity (Wildman–Crippen MR) is 44.2 cm³/mol. The zero-order valence-corrected chi connectivity index (χ0v) is 7.48. The van der Waals surface area contributed by atoms with Crippen molar-refractivity contribution in [2.24, 2.45) is 0 Å². The van der Waals surface area contributed by atoms with E-state index in [1.54, 1.807) is 0 Å². The van der Waals surface area contributed by atoms with Crippen LogP contribution in [0, 0.1) is 0 Å². The van der Waals surface area contributed by atoms with E-state index in [-0.39, 0.29) is 0 Å². The van der Waals surface area contributed by atoms with E-state index in [4.69, 9.17) is 4.74 Å². The molecule has 0 aromatic rings. The van der Waals surface area contributed by atoms with Gasteiger partial charge in [0.25, 0.3) is 0 Å². The Balaban J connectivity index is 0.000000371. The Labute approximate surface area is 64.0 Å². The van der Waals surface area contributed by atoms with Gasteiger partial charge in [-0.1, -0.05) is 13.8 Å². The Hall–Kier alpha value is -0.0800. The second-order valence-corrected chi connectivity index (χ2v) is 2.51. The van der Waals surface area contributed by atoms with E-state index in [9.17, 15) is 0 Å². The van der Waals surface area contributed by atoms with Crippen LogP contribution in [0.15, 0.2) is 0 Å². The quantitative estimate of drug-likeness (QED) is 0.556. The lowest BCUT2D eigenvalue weighted by atomic mass is 10.2. The number of rotatable bonds is 0. The van der Waals surface area contributed by atoms with Crippen LogP contribution < -0.4 is 5.32 Å². The van der Waals surface area contributed by atoms with Crippen LogP contribution in [0.4, 0.5) is 0 Å². The monoisotopic (exact) mass is 145 g/mol. The number of ether oxygens (including phenoxy) is 1. The predicted octanol–water partition coefficient (Wildman–Crippen LogP) is 1.41. The van der Waals surface area contributed by atoms with Crippen LogP contribution in [0.25, 0.3) is 0 Å². The van der Waals surface area contributed by atoms with E-state index in [1.165, 1.54) is 0 Å². The van der Waals surface area contributed by atoms with Crippen LogP contribution in [0.3, 0.4) is 0 Å². The van der Waals surface area contributed by atoms with Gasteiger partial charge in [-0.05, 0) is 13.8 Å². The van der Waals surface area contributed by atoms with Crippen LogP contribution >= 0.6 is 0 Å². The molecule has 1 heterocycles. The molecule has 0 aromatic carbocycles. The molecule has 0 spiro atoms. The number of hydrogen-bond acceptors (Lipinski definition) is 2. The van der Waals surface area contributed by atoms with Crippen molar-refractivity contribution in [1.29, 1.82) is 0 Å². The smallest absolute Gasteiger partial charge is 0.0617 e. The Morgan fingerprint density at radius 3 is 1.70 bits per heavy atom. The highest BCUT2D eigenvalue weighted by atomic mass is 16.5. The van der Waals surface area contributed by atoms with Gasteiger partial charge in [0.05, 0.1) is 13.2 Å². The van der Waals surface area contributed by atoms with Crippen molar-refractivity contribution < 1.29 is 4.74 Å². The van der Waals surface area contributed by atoms with Gasteiger partial charge >= 0.3 is 0 Å². The minimum Gasteiger partial charge on any atom is -0.378 e. The number of nitrogens with one attached hydrogen (secondary N) is 1. The van der Waals surface area contributed by atoms with Gasteiger partial charge in [-0.2, -0.15) is 0 Å². The topological polar surface area (TPSA) is 21.3 Å². The van der Waals surface area contributed by atoms with Gasteiger partial charge < -0.3 is 10.1 Å². The van der Waals surface area contributed by atoms with Gasteiger partial charge in [-0.15, -0.1) is 0 Å². The highest BCUT2D eigenvalue weighted by Crippen LogP contribution is 1.96. The zero-order valence-electron chi connectivity index (χ0n) is 7.48. The molecule has 0 aromatic heterocycles. The number of hydrogen-bond donors (Lipinski definition) is 1. The highest BCUT2D eigenvalue weighted by molar-refractivity contribution is 4.70. The molecule has 1 saturated heterocycles. The second kappa shape index (κ2) is 5.69. The SMILES string of the molecule is CC.CC1COCC(C)N1. The molecule has 2 atom stereocenters. The molecular formula is C8H19NO. The Morgan fingerprint density at radius 2 is 1.50 bits per heavy atom. The molecule has 2 unspecified atom stereocenters. The van der Waals surface area contributed by atoms with Gasteiger partial charge in [-0.3, -0.25) is 0 Å². The van der Waals surface area contributed by atoms with E-state index in [0.717, 1.165) is 13.2 Å². The maximum Gasteiger partial charge on any atom is 0.0617 e. The van der Waals surface area contributed by atoms with Crippen LogP contribution in [-0.2, 0) is 4.74 Å². The van der Waals surface area contributed by atoms with Crippen molar-refractivity contribution in [2.45, 2.75) is 39.8 Å². The third-order valence-corrected chi connectivity index (χ3v) is 1.30. The summed E-state index contributed by atoms with van der Waals surface area (Å²) >= 11 is 0. The van der Waals surface area contributed by atoms with E-state index in [2.05, 4.69) is 19.2 Å². The lowest BCUT2D eigenvalue weighted by Gasteiger charge is -2.25. The summed E-state index contributed by atoms with van der Waals surface area (Å²) in [4.78, 5) is 0. The first kappa shape index (κ1) is 9.92. The lowest BCUT2D eigenvalue weighted by molar-refractivity contribution is 0.0560. The van der Waals surface area contributed by atoms with E-state index in [0.29, 0.717) is 12.1 Å². The summed E-state index contributed by atoms with van der Waals surface area (Å²) in [5, 5.41) is 3.35. The average molecular weight is 145 g/mol. The van der Waals surface area contributed by atoms with Gasteiger partial charge in [0.1, 0.15) is 0 Å². The molecule has 1 aliphatic heterocycles. The first-order valence-corrected chi connectivity index (χ1v) is 4.13. The third kappa shape index (κ3) is 3.85. The summed E-state index contributed by atoms with van der Waals surface area (Å²) in [6.07, 6.45) is 0. The van der Waals surface area contributed by atoms with Crippen molar-refractivity contribution >= 4 is 0 Å². The molecule has 0 bridgehead atoms. The second-order valence-electron chi connectivity index (χ2n) is 2.51. The van der Waals surface area contributed by atoms with Gasteiger partial charge in [0.2, 0.25) is 0 Å². The maximum absolute atomic E-state index is 5.23. The van der Waals surface area contributed by atoms with Crippen LogP contribution in [0.2, 0.25) is 0 Å². The summed E-state index contributed by atoms with van der Waals surface area (Å²) < 4.78 is 5.23. The van der Waals surface area contributed by atoms with Crippen molar-refractivity contribution in [1.82, 2.24) is 5.32 Å². The van der Waals surface area contributed by atoms with Crippen molar-refractivity contribution in [3.63, 3.8) is 0 Å². The summed E-state index contributed by atoms with van der Waals surface area (Å²) in [5.74, 6) is 0. The van der Waals surface area contributed by atoms with Gasteiger partial charge in [0.15, 0.2) is 0 Å². The zero-order chi connectivity index (χ0) is 7.98. The molecule has 0 radical (unpaired) electrons. The molecule has 0 amide bonds. The summed E-state index contributed by atoms with van der Waals surface area (Å²) in [7, 11) is 0. The standard InChI is InChI=1S/C6H13NO.C2H6/c1-5-3-8-4-6(2)7-5;1-2/h5-7H,3-4H2,1-2H3;1-2H3. The van der Waals surface area contributed by atoms with Crippen molar-refractivity contribution in [3.05, 3.63) is 0 Å². The highest BCUT2D eigenvalue weighted by Gasteiger charge is 2.12. The van der Waals surface area contributed by atoms with Crippen LogP contribution in [-0.4, -0.2) is 25.3 Å². The molecule has 62 valence electrons. The molecule has 1 rings (SSSR count).